The van der Waals surface area contributed by atoms with Crippen LogP contribution in [0, 0.1) is 5.92 Å². The topological polar surface area (TPSA) is 75.0 Å². The number of aromatic nitrogens is 2. The Labute approximate surface area is 112 Å². The van der Waals surface area contributed by atoms with Gasteiger partial charge in [0.25, 0.3) is 5.56 Å². The lowest BCUT2D eigenvalue weighted by Gasteiger charge is -2.23. The van der Waals surface area contributed by atoms with Crippen molar-refractivity contribution in [2.24, 2.45) is 5.92 Å². The minimum Gasteiger partial charge on any atom is -0.399 e. The summed E-state index contributed by atoms with van der Waals surface area (Å²) in [5.41, 5.74) is 6.80. The van der Waals surface area contributed by atoms with Crippen molar-refractivity contribution >= 4 is 22.5 Å². The Morgan fingerprint density at radius 3 is 2.79 bits per heavy atom. The van der Waals surface area contributed by atoms with Crippen LogP contribution in [0.2, 0.25) is 0 Å². The highest BCUT2D eigenvalue weighted by molar-refractivity contribution is 5.81. The first-order valence-corrected chi connectivity index (χ1v) is 6.55. The lowest BCUT2D eigenvalue weighted by molar-refractivity contribution is 0.609. The molecule has 0 saturated heterocycles. The van der Waals surface area contributed by atoms with Gasteiger partial charge in [0.1, 0.15) is 0 Å². The van der Waals surface area contributed by atoms with E-state index >= 15 is 0 Å². The number of nitrogens with two attached hydrogens (primary N) is 1. The number of nitrogens with zero attached hydrogens (tertiary/aromatic N) is 2. The summed E-state index contributed by atoms with van der Waals surface area (Å²) in [6, 6.07) is 5.20. The molecule has 0 aliphatic rings. The first-order valence-electron chi connectivity index (χ1n) is 6.55. The van der Waals surface area contributed by atoms with E-state index in [2.05, 4.69) is 35.6 Å². The molecule has 0 radical (unpaired) electrons. The fourth-order valence-electron chi connectivity index (χ4n) is 2.10. The summed E-state index contributed by atoms with van der Waals surface area (Å²) < 4.78 is 0. The Kier molecular flexibility index (Phi) is 3.74. The van der Waals surface area contributed by atoms with E-state index in [0.717, 1.165) is 13.1 Å². The molecule has 1 aromatic carbocycles. The Balaban J connectivity index is 2.51. The number of fused-ring (bicyclic) bond motifs is 1. The highest BCUT2D eigenvalue weighted by atomic mass is 16.1. The number of benzene rings is 1. The molecular weight excluding hydrogens is 240 g/mol. The van der Waals surface area contributed by atoms with E-state index < -0.39 is 0 Å². The van der Waals surface area contributed by atoms with Gasteiger partial charge >= 0.3 is 0 Å². The molecule has 2 aromatic rings. The third-order valence-electron chi connectivity index (χ3n) is 2.98. The zero-order valence-electron chi connectivity index (χ0n) is 11.6. The van der Waals surface area contributed by atoms with E-state index in [4.69, 9.17) is 5.73 Å². The maximum atomic E-state index is 12.1. The molecule has 0 aliphatic carbocycles. The van der Waals surface area contributed by atoms with Crippen molar-refractivity contribution in [1.29, 1.82) is 0 Å². The van der Waals surface area contributed by atoms with Crippen LogP contribution >= 0.6 is 0 Å². The highest BCUT2D eigenvalue weighted by Crippen LogP contribution is 2.15. The number of hydrogen-bond acceptors (Lipinski definition) is 4. The predicted molar refractivity (Wildman–Crippen MR) is 79.5 cm³/mol. The van der Waals surface area contributed by atoms with Crippen molar-refractivity contribution in [2.45, 2.75) is 20.8 Å². The average Bonchev–Trinajstić information content (AvgIpc) is 2.36. The minimum atomic E-state index is -0.144. The highest BCUT2D eigenvalue weighted by Gasteiger charge is 2.11. The van der Waals surface area contributed by atoms with E-state index in [0.29, 0.717) is 28.5 Å². The van der Waals surface area contributed by atoms with Gasteiger partial charge in [-0.3, -0.25) is 9.78 Å². The van der Waals surface area contributed by atoms with Crippen LogP contribution in [0.15, 0.2) is 23.0 Å². The maximum Gasteiger partial charge on any atom is 0.260 e. The quantitative estimate of drug-likeness (QED) is 0.824. The van der Waals surface area contributed by atoms with Crippen LogP contribution in [-0.4, -0.2) is 23.1 Å². The molecule has 102 valence electrons. The predicted octanol–water partition coefficient (Wildman–Crippen LogP) is 1.99. The number of aromatic amines is 1. The zero-order chi connectivity index (χ0) is 14.0. The molecule has 0 spiro atoms. The average molecular weight is 260 g/mol. The van der Waals surface area contributed by atoms with Crippen LogP contribution in [0.25, 0.3) is 10.9 Å². The monoisotopic (exact) mass is 260 g/mol. The Bertz CT molecular complexity index is 633. The number of rotatable bonds is 4. The molecule has 0 bridgehead atoms. The fraction of sp³-hybridized carbons (Fsp3) is 0.429. The summed E-state index contributed by atoms with van der Waals surface area (Å²) in [6.07, 6.45) is 0. The third kappa shape index (κ3) is 2.86. The van der Waals surface area contributed by atoms with E-state index in [9.17, 15) is 4.79 Å². The summed E-state index contributed by atoms with van der Waals surface area (Å²) in [5.74, 6) is 1.13. The van der Waals surface area contributed by atoms with Crippen LogP contribution in [0.3, 0.4) is 0 Å². The van der Waals surface area contributed by atoms with Gasteiger partial charge in [0, 0.05) is 18.8 Å². The van der Waals surface area contributed by atoms with Crippen molar-refractivity contribution < 1.29 is 0 Å². The van der Waals surface area contributed by atoms with Crippen LogP contribution < -0.4 is 16.2 Å². The molecule has 1 heterocycles. The molecule has 5 heteroatoms. The Hall–Kier alpha value is -2.04. The maximum absolute atomic E-state index is 12.1. The minimum absolute atomic E-state index is 0.144. The second-order valence-corrected chi connectivity index (χ2v) is 5.10. The Morgan fingerprint density at radius 2 is 2.16 bits per heavy atom. The van der Waals surface area contributed by atoms with Gasteiger partial charge in [0.15, 0.2) is 0 Å². The molecule has 2 rings (SSSR count). The SMILES string of the molecule is CCN(CC(C)C)c1nc2ccc(N)cc2c(=O)[nH]1. The van der Waals surface area contributed by atoms with Crippen molar-refractivity contribution in [3.05, 3.63) is 28.6 Å². The molecule has 1 aromatic heterocycles. The largest absolute Gasteiger partial charge is 0.399 e. The van der Waals surface area contributed by atoms with E-state index in [-0.39, 0.29) is 5.56 Å². The fourth-order valence-corrected chi connectivity index (χ4v) is 2.10. The summed E-state index contributed by atoms with van der Waals surface area (Å²) in [5, 5.41) is 0.532. The van der Waals surface area contributed by atoms with Crippen molar-refractivity contribution in [1.82, 2.24) is 9.97 Å². The molecule has 19 heavy (non-hydrogen) atoms. The van der Waals surface area contributed by atoms with Crippen LogP contribution in [0.4, 0.5) is 11.6 Å². The number of nitrogens with one attached hydrogen (secondary N) is 1. The van der Waals surface area contributed by atoms with Gasteiger partial charge in [-0.2, -0.15) is 0 Å². The van der Waals surface area contributed by atoms with Gasteiger partial charge in [-0.25, -0.2) is 4.98 Å². The molecular formula is C14H20N4O. The summed E-state index contributed by atoms with van der Waals surface area (Å²) in [7, 11) is 0. The summed E-state index contributed by atoms with van der Waals surface area (Å²) in [6.45, 7) is 8.00. The van der Waals surface area contributed by atoms with Crippen molar-refractivity contribution in [2.75, 3.05) is 23.7 Å². The third-order valence-corrected chi connectivity index (χ3v) is 2.98. The van der Waals surface area contributed by atoms with Gasteiger partial charge in [-0.15, -0.1) is 0 Å². The van der Waals surface area contributed by atoms with E-state index in [1.807, 2.05) is 0 Å². The molecule has 0 atom stereocenters. The number of nitrogen functional groups attached to an aromatic ring is 1. The van der Waals surface area contributed by atoms with Gasteiger partial charge in [0.2, 0.25) is 5.95 Å². The van der Waals surface area contributed by atoms with Crippen LogP contribution in [-0.2, 0) is 0 Å². The van der Waals surface area contributed by atoms with Crippen molar-refractivity contribution in [3.8, 4) is 0 Å². The van der Waals surface area contributed by atoms with Gasteiger partial charge in [-0.05, 0) is 31.0 Å². The van der Waals surface area contributed by atoms with Gasteiger partial charge in [0.05, 0.1) is 10.9 Å². The molecule has 3 N–H and O–H groups in total. The normalized spacial score (nSPS) is 11.2. The zero-order valence-corrected chi connectivity index (χ0v) is 11.6. The number of hydrogen-bond donors (Lipinski definition) is 2. The molecule has 0 amide bonds. The molecule has 0 aliphatic heterocycles. The van der Waals surface area contributed by atoms with Gasteiger partial charge in [-0.1, -0.05) is 13.8 Å². The summed E-state index contributed by atoms with van der Waals surface area (Å²) in [4.78, 5) is 21.5. The lowest BCUT2D eigenvalue weighted by Crippen LogP contribution is -2.30. The first kappa shape index (κ1) is 13.4. The van der Waals surface area contributed by atoms with E-state index in [1.54, 1.807) is 18.2 Å². The molecule has 0 saturated carbocycles. The second-order valence-electron chi connectivity index (χ2n) is 5.10. The van der Waals surface area contributed by atoms with Crippen LogP contribution in [0.1, 0.15) is 20.8 Å². The van der Waals surface area contributed by atoms with Crippen molar-refractivity contribution in [3.63, 3.8) is 0 Å². The Morgan fingerprint density at radius 1 is 1.42 bits per heavy atom. The standard InChI is InChI=1S/C14H20N4O/c1-4-18(8-9(2)3)14-16-12-6-5-10(15)7-11(12)13(19)17-14/h5-7,9H,4,8,15H2,1-3H3,(H,16,17,19). The number of anilines is 2. The smallest absolute Gasteiger partial charge is 0.260 e. The second kappa shape index (κ2) is 5.30. The molecule has 5 nitrogen and oxygen atoms in total. The molecule has 0 fully saturated rings. The summed E-state index contributed by atoms with van der Waals surface area (Å²) >= 11 is 0. The lowest BCUT2D eigenvalue weighted by atomic mass is 10.2. The van der Waals surface area contributed by atoms with E-state index in [1.165, 1.54) is 0 Å². The molecule has 0 unspecified atom stereocenters. The first-order chi connectivity index (χ1) is 9.01. The number of H-pyrrole nitrogens is 1. The van der Waals surface area contributed by atoms with Gasteiger partial charge < -0.3 is 10.6 Å². The van der Waals surface area contributed by atoms with Crippen LogP contribution in [0.5, 0.6) is 0 Å².